The van der Waals surface area contributed by atoms with E-state index in [4.69, 9.17) is 5.11 Å². The highest BCUT2D eigenvalue weighted by Crippen LogP contribution is 2.25. The van der Waals surface area contributed by atoms with E-state index < -0.39 is 17.9 Å². The van der Waals surface area contributed by atoms with Crippen LogP contribution in [-0.4, -0.2) is 27.4 Å². The molecule has 2 heterocycles. The van der Waals surface area contributed by atoms with Crippen molar-refractivity contribution in [3.8, 4) is 16.9 Å². The molecule has 0 atom stereocenters. The number of anilines is 1. The summed E-state index contributed by atoms with van der Waals surface area (Å²) in [4.78, 5) is 29.7. The Kier molecular flexibility index (Phi) is 6.62. The average molecular weight is 445 g/mol. The molecule has 10 heteroatoms. The van der Waals surface area contributed by atoms with E-state index in [2.05, 4.69) is 20.0 Å². The van der Waals surface area contributed by atoms with Crippen molar-refractivity contribution in [1.29, 1.82) is 0 Å². The van der Waals surface area contributed by atoms with Crippen molar-refractivity contribution in [3.05, 3.63) is 81.9 Å². The highest BCUT2D eigenvalue weighted by Gasteiger charge is 2.31. The molecule has 0 aliphatic rings. The van der Waals surface area contributed by atoms with Gasteiger partial charge < -0.3 is 20.1 Å². The Morgan fingerprint density at radius 1 is 1.25 bits per heavy atom. The highest BCUT2D eigenvalue weighted by atomic mass is 19.4. The number of alkyl halides is 3. The molecule has 32 heavy (non-hydrogen) atoms. The normalized spacial score (nSPS) is 11.5. The number of nitrogens with one attached hydrogen (secondary N) is 2. The SMILES string of the molecule is Cc1[nH]c(=O)c(/C=C/C(=O)O)cc1-c1ccc(NCc2cccc(OC(F)(F)F)c2)nc1. The van der Waals surface area contributed by atoms with Crippen molar-refractivity contribution < 1.29 is 27.8 Å². The zero-order valence-electron chi connectivity index (χ0n) is 16.7. The number of carboxylic acid groups (broad SMARTS) is 1. The van der Waals surface area contributed by atoms with Gasteiger partial charge in [-0.3, -0.25) is 4.79 Å². The monoisotopic (exact) mass is 445 g/mol. The van der Waals surface area contributed by atoms with Gasteiger partial charge in [0.2, 0.25) is 0 Å². The fourth-order valence-electron chi connectivity index (χ4n) is 2.93. The summed E-state index contributed by atoms with van der Waals surface area (Å²) in [5.74, 6) is -0.982. The molecule has 0 saturated heterocycles. The van der Waals surface area contributed by atoms with Crippen LogP contribution in [0, 0.1) is 6.92 Å². The van der Waals surface area contributed by atoms with Crippen LogP contribution in [0.3, 0.4) is 0 Å². The third-order valence-electron chi connectivity index (χ3n) is 4.35. The molecule has 7 nitrogen and oxygen atoms in total. The van der Waals surface area contributed by atoms with Gasteiger partial charge in [0.05, 0.1) is 0 Å². The second kappa shape index (κ2) is 9.38. The first-order valence-electron chi connectivity index (χ1n) is 9.30. The van der Waals surface area contributed by atoms with Crippen molar-refractivity contribution in [2.75, 3.05) is 5.32 Å². The summed E-state index contributed by atoms with van der Waals surface area (Å²) in [6.45, 7) is 1.94. The maximum atomic E-state index is 12.4. The Morgan fingerprint density at radius 2 is 2.03 bits per heavy atom. The Hall–Kier alpha value is -4.08. The van der Waals surface area contributed by atoms with Gasteiger partial charge in [-0.2, -0.15) is 0 Å². The molecule has 0 aliphatic carbocycles. The summed E-state index contributed by atoms with van der Waals surface area (Å²) < 4.78 is 41.0. The molecule has 2 aromatic heterocycles. The van der Waals surface area contributed by atoms with Crippen LogP contribution in [0.2, 0.25) is 0 Å². The molecule has 3 aromatic rings. The van der Waals surface area contributed by atoms with Gasteiger partial charge in [0.15, 0.2) is 0 Å². The number of nitrogens with zero attached hydrogens (tertiary/aromatic N) is 1. The number of aromatic amines is 1. The number of carbonyl (C=O) groups is 1. The lowest BCUT2D eigenvalue weighted by molar-refractivity contribution is -0.274. The molecule has 0 bridgehead atoms. The number of ether oxygens (including phenoxy) is 1. The van der Waals surface area contributed by atoms with Crippen LogP contribution in [0.4, 0.5) is 19.0 Å². The van der Waals surface area contributed by atoms with Crippen LogP contribution < -0.4 is 15.6 Å². The Morgan fingerprint density at radius 3 is 2.69 bits per heavy atom. The van der Waals surface area contributed by atoms with Gasteiger partial charge in [-0.1, -0.05) is 12.1 Å². The van der Waals surface area contributed by atoms with Crippen molar-refractivity contribution in [2.24, 2.45) is 0 Å². The number of benzene rings is 1. The summed E-state index contributed by atoms with van der Waals surface area (Å²) in [5, 5.41) is 11.8. The van der Waals surface area contributed by atoms with Gasteiger partial charge in [-0.15, -0.1) is 13.2 Å². The number of pyridine rings is 2. The second-order valence-electron chi connectivity index (χ2n) is 6.74. The molecule has 3 rings (SSSR count). The van der Waals surface area contributed by atoms with Gasteiger partial charge in [0, 0.05) is 41.2 Å². The number of halogens is 3. The quantitative estimate of drug-likeness (QED) is 0.467. The van der Waals surface area contributed by atoms with E-state index in [0.717, 1.165) is 6.08 Å². The number of aliphatic carboxylic acids is 1. The zero-order chi connectivity index (χ0) is 23.3. The van der Waals surface area contributed by atoms with Crippen LogP contribution in [0.1, 0.15) is 16.8 Å². The van der Waals surface area contributed by atoms with Crippen molar-refractivity contribution in [2.45, 2.75) is 19.8 Å². The van der Waals surface area contributed by atoms with Gasteiger partial charge in [-0.05, 0) is 48.9 Å². The number of H-pyrrole nitrogens is 1. The first-order chi connectivity index (χ1) is 15.1. The summed E-state index contributed by atoms with van der Waals surface area (Å²) in [6.07, 6.45) is -1.10. The van der Waals surface area contributed by atoms with E-state index in [-0.39, 0.29) is 17.9 Å². The maximum absolute atomic E-state index is 12.4. The van der Waals surface area contributed by atoms with E-state index in [1.54, 1.807) is 37.4 Å². The molecule has 0 radical (unpaired) electrons. The van der Waals surface area contributed by atoms with E-state index >= 15 is 0 Å². The lowest BCUT2D eigenvalue weighted by atomic mass is 10.0. The van der Waals surface area contributed by atoms with Gasteiger partial charge in [0.25, 0.3) is 5.56 Å². The highest BCUT2D eigenvalue weighted by molar-refractivity contribution is 5.85. The maximum Gasteiger partial charge on any atom is 0.573 e. The van der Waals surface area contributed by atoms with Crippen molar-refractivity contribution >= 4 is 17.9 Å². The van der Waals surface area contributed by atoms with Crippen LogP contribution in [0.25, 0.3) is 17.2 Å². The fraction of sp³-hybridized carbons (Fsp3) is 0.136. The fourth-order valence-corrected chi connectivity index (χ4v) is 2.93. The molecule has 1 aromatic carbocycles. The molecule has 0 aliphatic heterocycles. The third kappa shape index (κ3) is 6.21. The van der Waals surface area contributed by atoms with Crippen LogP contribution in [0.5, 0.6) is 5.75 Å². The molecular weight excluding hydrogens is 427 g/mol. The molecule has 166 valence electrons. The molecule has 0 saturated carbocycles. The third-order valence-corrected chi connectivity index (χ3v) is 4.35. The van der Waals surface area contributed by atoms with Gasteiger partial charge in [-0.25, -0.2) is 9.78 Å². The van der Waals surface area contributed by atoms with Crippen LogP contribution in [0.15, 0.2) is 59.5 Å². The number of aryl methyl sites for hydroxylation is 1. The van der Waals surface area contributed by atoms with E-state index in [1.807, 2.05) is 0 Å². The first-order valence-corrected chi connectivity index (χ1v) is 9.30. The minimum atomic E-state index is -4.76. The van der Waals surface area contributed by atoms with Crippen LogP contribution in [-0.2, 0) is 11.3 Å². The molecule has 0 amide bonds. The second-order valence-corrected chi connectivity index (χ2v) is 6.74. The molecule has 0 spiro atoms. The topological polar surface area (TPSA) is 104 Å². The smallest absolute Gasteiger partial charge is 0.478 e. The number of hydrogen-bond acceptors (Lipinski definition) is 5. The molecule has 3 N–H and O–H groups in total. The van der Waals surface area contributed by atoms with E-state index in [1.165, 1.54) is 24.3 Å². The standard InChI is InChI=1S/C22H18F3N3O4/c1-13-18(10-15(21(31)28-13)6-8-20(29)30)16-5-7-19(27-12-16)26-11-14-3-2-4-17(9-14)32-22(23,24)25/h2-10,12H,11H2,1H3,(H,26,27)(H,28,31)(H,29,30)/b8-6+. The Bertz CT molecular complexity index is 1200. The number of aromatic nitrogens is 2. The molecular formula is C22H18F3N3O4. The summed E-state index contributed by atoms with van der Waals surface area (Å²) in [5.41, 5.74) is 2.30. The summed E-state index contributed by atoms with van der Waals surface area (Å²) in [7, 11) is 0. The van der Waals surface area contributed by atoms with E-state index in [9.17, 15) is 22.8 Å². The Balaban J connectivity index is 1.73. The minimum Gasteiger partial charge on any atom is -0.478 e. The molecule has 0 unspecified atom stereocenters. The first kappa shape index (κ1) is 22.6. The molecule has 0 fully saturated rings. The largest absolute Gasteiger partial charge is 0.573 e. The van der Waals surface area contributed by atoms with E-state index in [0.29, 0.717) is 28.2 Å². The minimum absolute atomic E-state index is 0.191. The predicted molar refractivity (Wildman–Crippen MR) is 112 cm³/mol. The zero-order valence-corrected chi connectivity index (χ0v) is 16.7. The van der Waals surface area contributed by atoms with Gasteiger partial charge >= 0.3 is 12.3 Å². The lowest BCUT2D eigenvalue weighted by Crippen LogP contribution is -2.17. The lowest BCUT2D eigenvalue weighted by Gasteiger charge is -2.11. The van der Waals surface area contributed by atoms with Crippen LogP contribution >= 0.6 is 0 Å². The average Bonchev–Trinajstić information content (AvgIpc) is 2.71. The van der Waals surface area contributed by atoms with Crippen molar-refractivity contribution in [1.82, 2.24) is 9.97 Å². The summed E-state index contributed by atoms with van der Waals surface area (Å²) in [6, 6.07) is 10.6. The number of rotatable bonds is 7. The predicted octanol–water partition coefficient (Wildman–Crippen LogP) is 4.35. The Labute approximate surface area is 180 Å². The number of carboxylic acids is 1. The van der Waals surface area contributed by atoms with Crippen molar-refractivity contribution in [3.63, 3.8) is 0 Å². The van der Waals surface area contributed by atoms with Gasteiger partial charge in [0.1, 0.15) is 11.6 Å². The number of hydrogen-bond donors (Lipinski definition) is 3. The summed E-state index contributed by atoms with van der Waals surface area (Å²) >= 11 is 0.